The number of nitrogens with zero attached hydrogens (tertiary/aromatic N) is 2. The van der Waals surface area contributed by atoms with E-state index in [1.807, 2.05) is 14.1 Å². The summed E-state index contributed by atoms with van der Waals surface area (Å²) in [6.45, 7) is 1.91. The van der Waals surface area contributed by atoms with E-state index in [4.69, 9.17) is 0 Å². The van der Waals surface area contributed by atoms with Crippen LogP contribution >= 0.6 is 0 Å². The van der Waals surface area contributed by atoms with E-state index in [0.717, 1.165) is 30.9 Å². The van der Waals surface area contributed by atoms with Crippen molar-refractivity contribution in [3.8, 4) is 0 Å². The zero-order valence-corrected chi connectivity index (χ0v) is 11.4. The van der Waals surface area contributed by atoms with Crippen molar-refractivity contribution in [3.63, 3.8) is 0 Å². The molecule has 98 valence electrons. The minimum absolute atomic E-state index is 0.189. The van der Waals surface area contributed by atoms with Gasteiger partial charge < -0.3 is 10.2 Å². The lowest BCUT2D eigenvalue weighted by atomic mass is 10.1. The Morgan fingerprint density at radius 1 is 1.44 bits per heavy atom. The van der Waals surface area contributed by atoms with E-state index in [-0.39, 0.29) is 5.91 Å². The average molecular weight is 247 g/mol. The molecule has 1 aliphatic rings. The molecule has 0 aliphatic carbocycles. The number of amides is 1. The van der Waals surface area contributed by atoms with Gasteiger partial charge in [0.15, 0.2) is 0 Å². The number of hydrogen-bond donors (Lipinski definition) is 1. The van der Waals surface area contributed by atoms with Gasteiger partial charge in [0, 0.05) is 25.9 Å². The molecule has 2 rings (SSSR count). The maximum atomic E-state index is 11.6. The van der Waals surface area contributed by atoms with Crippen molar-refractivity contribution in [1.82, 2.24) is 10.2 Å². The number of likely N-dealkylation sites (N-methyl/N-ethyl adjacent to an activating group) is 2. The van der Waals surface area contributed by atoms with Crippen LogP contribution in [0.25, 0.3) is 0 Å². The average Bonchev–Trinajstić information content (AvgIpc) is 2.63. The van der Waals surface area contributed by atoms with E-state index in [0.29, 0.717) is 6.42 Å². The molecule has 0 spiro atoms. The van der Waals surface area contributed by atoms with Gasteiger partial charge in [0.2, 0.25) is 5.91 Å². The van der Waals surface area contributed by atoms with Crippen LogP contribution in [-0.2, 0) is 17.6 Å². The molecule has 1 aromatic rings. The first kappa shape index (κ1) is 13.1. The molecule has 0 saturated carbocycles. The van der Waals surface area contributed by atoms with Crippen molar-refractivity contribution in [1.29, 1.82) is 0 Å². The first-order valence-corrected chi connectivity index (χ1v) is 6.33. The molecule has 0 atom stereocenters. The normalized spacial score (nSPS) is 14.4. The number of fused-ring (bicyclic) bond motifs is 1. The molecule has 0 bridgehead atoms. The standard InChI is InChI=1S/C14H21N3O/c1-15-10-16(2)7-6-11-4-5-13-12(8-11)9-14(18)17(13)3/h4-5,8,15H,6-7,9-10H2,1-3H3. The molecule has 1 N–H and O–H groups in total. The fraction of sp³-hybridized carbons (Fsp3) is 0.500. The third kappa shape index (κ3) is 2.71. The lowest BCUT2D eigenvalue weighted by Gasteiger charge is -2.16. The van der Waals surface area contributed by atoms with E-state index < -0.39 is 0 Å². The van der Waals surface area contributed by atoms with Crippen molar-refractivity contribution in [2.24, 2.45) is 0 Å². The summed E-state index contributed by atoms with van der Waals surface area (Å²) in [5, 5.41) is 3.13. The van der Waals surface area contributed by atoms with Crippen LogP contribution < -0.4 is 10.2 Å². The fourth-order valence-corrected chi connectivity index (χ4v) is 2.35. The highest BCUT2D eigenvalue weighted by Gasteiger charge is 2.23. The van der Waals surface area contributed by atoms with E-state index >= 15 is 0 Å². The summed E-state index contributed by atoms with van der Waals surface area (Å²) in [7, 11) is 5.89. The van der Waals surface area contributed by atoms with Gasteiger partial charge >= 0.3 is 0 Å². The Labute approximate surface area is 109 Å². The third-order valence-electron chi connectivity index (χ3n) is 3.43. The van der Waals surface area contributed by atoms with Gasteiger partial charge in [-0.15, -0.1) is 0 Å². The van der Waals surface area contributed by atoms with Crippen molar-refractivity contribution in [2.45, 2.75) is 12.8 Å². The molecule has 1 heterocycles. The van der Waals surface area contributed by atoms with Crippen molar-refractivity contribution >= 4 is 11.6 Å². The lowest BCUT2D eigenvalue weighted by Crippen LogP contribution is -2.30. The molecular weight excluding hydrogens is 226 g/mol. The highest BCUT2D eigenvalue weighted by molar-refractivity contribution is 6.00. The minimum Gasteiger partial charge on any atom is -0.315 e. The number of rotatable bonds is 5. The maximum absolute atomic E-state index is 11.6. The summed E-state index contributed by atoms with van der Waals surface area (Å²) in [5.41, 5.74) is 3.53. The molecule has 0 aromatic heterocycles. The van der Waals surface area contributed by atoms with Crippen LogP contribution in [0.1, 0.15) is 11.1 Å². The van der Waals surface area contributed by atoms with Crippen LogP contribution in [0.4, 0.5) is 5.69 Å². The predicted molar refractivity (Wildman–Crippen MR) is 73.8 cm³/mol. The summed E-state index contributed by atoms with van der Waals surface area (Å²) in [6.07, 6.45) is 1.56. The Balaban J connectivity index is 2.00. The van der Waals surface area contributed by atoms with Gasteiger partial charge in [-0.2, -0.15) is 0 Å². The molecule has 1 amide bonds. The van der Waals surface area contributed by atoms with Gasteiger partial charge in [0.1, 0.15) is 0 Å². The monoisotopic (exact) mass is 247 g/mol. The smallest absolute Gasteiger partial charge is 0.231 e. The Morgan fingerprint density at radius 2 is 2.22 bits per heavy atom. The molecule has 1 aliphatic heterocycles. The summed E-state index contributed by atoms with van der Waals surface area (Å²) in [6, 6.07) is 6.36. The largest absolute Gasteiger partial charge is 0.315 e. The van der Waals surface area contributed by atoms with Crippen LogP contribution in [-0.4, -0.2) is 45.2 Å². The lowest BCUT2D eigenvalue weighted by molar-refractivity contribution is -0.117. The molecule has 4 nitrogen and oxygen atoms in total. The Morgan fingerprint density at radius 3 is 2.94 bits per heavy atom. The summed E-state index contributed by atoms with van der Waals surface area (Å²) in [5.74, 6) is 0.189. The summed E-state index contributed by atoms with van der Waals surface area (Å²) < 4.78 is 0. The van der Waals surface area contributed by atoms with Crippen LogP contribution in [0.15, 0.2) is 18.2 Å². The first-order chi connectivity index (χ1) is 8.61. The minimum atomic E-state index is 0.189. The van der Waals surface area contributed by atoms with E-state index in [1.54, 1.807) is 4.90 Å². The van der Waals surface area contributed by atoms with Gasteiger partial charge in [-0.3, -0.25) is 9.69 Å². The second-order valence-corrected chi connectivity index (χ2v) is 4.93. The third-order valence-corrected chi connectivity index (χ3v) is 3.43. The van der Waals surface area contributed by atoms with Gasteiger partial charge in [-0.1, -0.05) is 12.1 Å². The summed E-state index contributed by atoms with van der Waals surface area (Å²) in [4.78, 5) is 15.6. The second-order valence-electron chi connectivity index (χ2n) is 4.93. The molecule has 0 saturated heterocycles. The van der Waals surface area contributed by atoms with Gasteiger partial charge in [0.25, 0.3) is 0 Å². The SMILES string of the molecule is CNCN(C)CCc1ccc2c(c1)CC(=O)N2C. The van der Waals surface area contributed by atoms with Crippen molar-refractivity contribution in [3.05, 3.63) is 29.3 Å². The number of hydrogen-bond acceptors (Lipinski definition) is 3. The number of anilines is 1. The highest BCUT2D eigenvalue weighted by Crippen LogP contribution is 2.28. The van der Waals surface area contributed by atoms with E-state index in [2.05, 4.69) is 35.5 Å². The Bertz CT molecular complexity index is 445. The molecule has 0 unspecified atom stereocenters. The van der Waals surface area contributed by atoms with E-state index in [1.165, 1.54) is 5.56 Å². The predicted octanol–water partition coefficient (Wildman–Crippen LogP) is 0.857. The molecule has 1 aromatic carbocycles. The molecule has 0 fully saturated rings. The topological polar surface area (TPSA) is 35.6 Å². The number of nitrogens with one attached hydrogen (secondary N) is 1. The number of carbonyl (C=O) groups excluding carboxylic acids is 1. The molecule has 4 heteroatoms. The zero-order valence-electron chi connectivity index (χ0n) is 11.4. The first-order valence-electron chi connectivity index (χ1n) is 6.33. The quantitative estimate of drug-likeness (QED) is 0.784. The highest BCUT2D eigenvalue weighted by atomic mass is 16.2. The Hall–Kier alpha value is -1.39. The number of carbonyl (C=O) groups is 1. The van der Waals surface area contributed by atoms with Crippen molar-refractivity contribution in [2.75, 3.05) is 39.3 Å². The van der Waals surface area contributed by atoms with Crippen LogP contribution in [0, 0.1) is 0 Å². The summed E-state index contributed by atoms with van der Waals surface area (Å²) >= 11 is 0. The fourth-order valence-electron chi connectivity index (χ4n) is 2.35. The molecular formula is C14H21N3O. The molecule has 0 radical (unpaired) electrons. The van der Waals surface area contributed by atoms with Gasteiger partial charge in [-0.05, 0) is 37.7 Å². The van der Waals surface area contributed by atoms with Gasteiger partial charge in [0.05, 0.1) is 6.42 Å². The van der Waals surface area contributed by atoms with Gasteiger partial charge in [-0.25, -0.2) is 0 Å². The van der Waals surface area contributed by atoms with Crippen LogP contribution in [0.5, 0.6) is 0 Å². The zero-order chi connectivity index (χ0) is 13.1. The number of benzene rings is 1. The van der Waals surface area contributed by atoms with E-state index in [9.17, 15) is 4.79 Å². The van der Waals surface area contributed by atoms with Crippen molar-refractivity contribution < 1.29 is 4.79 Å². The van der Waals surface area contributed by atoms with Crippen LogP contribution in [0.3, 0.4) is 0 Å². The Kier molecular flexibility index (Phi) is 3.99. The maximum Gasteiger partial charge on any atom is 0.231 e. The molecule has 18 heavy (non-hydrogen) atoms. The van der Waals surface area contributed by atoms with Crippen LogP contribution in [0.2, 0.25) is 0 Å². The second kappa shape index (κ2) is 5.50.